The third-order valence-corrected chi connectivity index (χ3v) is 7.67. The number of thioether (sulfide) groups is 1. The van der Waals surface area contributed by atoms with E-state index in [1.54, 1.807) is 12.1 Å². The van der Waals surface area contributed by atoms with Gasteiger partial charge in [-0.2, -0.15) is 0 Å². The number of hydrogen-bond acceptors (Lipinski definition) is 7. The Labute approximate surface area is 205 Å². The van der Waals surface area contributed by atoms with E-state index in [9.17, 15) is 9.59 Å². The first-order valence-electron chi connectivity index (χ1n) is 10.5. The molecule has 0 radical (unpaired) electrons. The van der Waals surface area contributed by atoms with E-state index in [0.717, 1.165) is 41.7 Å². The molecule has 1 aliphatic rings. The van der Waals surface area contributed by atoms with Crippen molar-refractivity contribution in [1.82, 2.24) is 14.8 Å². The van der Waals surface area contributed by atoms with E-state index in [4.69, 9.17) is 16.3 Å². The summed E-state index contributed by atoms with van der Waals surface area (Å²) in [6, 6.07) is 7.37. The number of nitrogens with zero attached hydrogens (tertiary/aromatic N) is 3. The molecule has 0 bridgehead atoms. The smallest absolute Gasteiger partial charge is 0.341 e. The molecule has 2 aromatic heterocycles. The molecule has 33 heavy (non-hydrogen) atoms. The molecule has 0 aliphatic heterocycles. The highest BCUT2D eigenvalue weighted by atomic mass is 35.5. The van der Waals surface area contributed by atoms with Crippen LogP contribution in [0.1, 0.15) is 33.6 Å². The summed E-state index contributed by atoms with van der Waals surface area (Å²) in [5.74, 6) is 0.142. The molecule has 1 N–H and O–H groups in total. The molecule has 4 rings (SSSR count). The van der Waals surface area contributed by atoms with Gasteiger partial charge in [0.05, 0.1) is 18.4 Å². The number of amides is 1. The fraction of sp³-hybridized carbons (Fsp3) is 0.304. The van der Waals surface area contributed by atoms with Crippen LogP contribution in [0.2, 0.25) is 5.02 Å². The molecule has 0 saturated carbocycles. The molecule has 1 aromatic carbocycles. The topological polar surface area (TPSA) is 86.1 Å². The van der Waals surface area contributed by atoms with Gasteiger partial charge in [-0.25, -0.2) is 4.79 Å². The van der Waals surface area contributed by atoms with Crippen molar-refractivity contribution in [2.75, 3.05) is 18.2 Å². The maximum atomic E-state index is 12.8. The number of allylic oxidation sites excluding steroid dienone is 1. The fourth-order valence-corrected chi connectivity index (χ4v) is 6.03. The highest BCUT2D eigenvalue weighted by molar-refractivity contribution is 7.99. The summed E-state index contributed by atoms with van der Waals surface area (Å²) in [4.78, 5) is 26.3. The van der Waals surface area contributed by atoms with Crippen LogP contribution in [0.3, 0.4) is 0 Å². The SMILES string of the molecule is C=CCn1c(SCC(=O)Nc2sc3c(c2C(=O)OC)CCCC3)nnc1-c1cccc(Cl)c1. The number of carbonyl (C=O) groups excluding carboxylic acids is 2. The Kier molecular flexibility index (Phi) is 7.52. The van der Waals surface area contributed by atoms with Crippen LogP contribution in [0.4, 0.5) is 5.00 Å². The zero-order valence-corrected chi connectivity index (χ0v) is 20.5. The quantitative estimate of drug-likeness (QED) is 0.257. The van der Waals surface area contributed by atoms with Crippen molar-refractivity contribution in [1.29, 1.82) is 0 Å². The molecule has 1 aliphatic carbocycles. The number of fused-ring (bicyclic) bond motifs is 1. The Bertz CT molecular complexity index is 1200. The normalized spacial score (nSPS) is 12.8. The second-order valence-electron chi connectivity index (χ2n) is 7.46. The lowest BCUT2D eigenvalue weighted by atomic mass is 9.95. The zero-order valence-electron chi connectivity index (χ0n) is 18.1. The number of anilines is 1. The van der Waals surface area contributed by atoms with Crippen molar-refractivity contribution >= 4 is 51.6 Å². The average molecular weight is 503 g/mol. The third-order valence-electron chi connectivity index (χ3n) is 5.26. The summed E-state index contributed by atoms with van der Waals surface area (Å²) in [5.41, 5.74) is 2.34. The Balaban J connectivity index is 1.50. The number of aryl methyl sites for hydroxylation is 1. The molecular formula is C23H23ClN4O3S2. The van der Waals surface area contributed by atoms with Crippen molar-refractivity contribution < 1.29 is 14.3 Å². The number of hydrogen-bond donors (Lipinski definition) is 1. The van der Waals surface area contributed by atoms with Crippen molar-refractivity contribution in [2.45, 2.75) is 37.4 Å². The van der Waals surface area contributed by atoms with Crippen LogP contribution in [0.15, 0.2) is 42.1 Å². The minimum Gasteiger partial charge on any atom is -0.465 e. The van der Waals surface area contributed by atoms with Crippen LogP contribution in [0, 0.1) is 0 Å². The summed E-state index contributed by atoms with van der Waals surface area (Å²) in [5, 5.41) is 13.2. The number of nitrogens with one attached hydrogen (secondary N) is 1. The highest BCUT2D eigenvalue weighted by Crippen LogP contribution is 2.38. The number of halogens is 1. The summed E-state index contributed by atoms with van der Waals surface area (Å²) in [7, 11) is 1.36. The number of benzene rings is 1. The van der Waals surface area contributed by atoms with Gasteiger partial charge >= 0.3 is 5.97 Å². The van der Waals surface area contributed by atoms with Gasteiger partial charge in [0, 0.05) is 22.0 Å². The summed E-state index contributed by atoms with van der Waals surface area (Å²) in [6.45, 7) is 4.30. The molecule has 172 valence electrons. The monoisotopic (exact) mass is 502 g/mol. The van der Waals surface area contributed by atoms with Gasteiger partial charge in [-0.05, 0) is 43.4 Å². The van der Waals surface area contributed by atoms with Crippen LogP contribution in [0.25, 0.3) is 11.4 Å². The Hall–Kier alpha value is -2.62. The highest BCUT2D eigenvalue weighted by Gasteiger charge is 2.27. The number of esters is 1. The van der Waals surface area contributed by atoms with Crippen LogP contribution in [0.5, 0.6) is 0 Å². The second-order valence-corrected chi connectivity index (χ2v) is 9.94. The molecule has 0 fully saturated rings. The molecule has 0 spiro atoms. The number of thiophene rings is 1. The van der Waals surface area contributed by atoms with E-state index < -0.39 is 5.97 Å². The number of rotatable bonds is 8. The molecule has 0 atom stereocenters. The summed E-state index contributed by atoms with van der Waals surface area (Å²) in [6.07, 6.45) is 5.62. The number of aromatic nitrogens is 3. The average Bonchev–Trinajstić information content (AvgIpc) is 3.38. The third kappa shape index (κ3) is 5.15. The minimum absolute atomic E-state index is 0.119. The number of carbonyl (C=O) groups is 2. The first kappa shape index (κ1) is 23.5. The molecule has 10 heteroatoms. The van der Waals surface area contributed by atoms with E-state index >= 15 is 0 Å². The van der Waals surface area contributed by atoms with E-state index in [-0.39, 0.29) is 11.7 Å². The lowest BCUT2D eigenvalue weighted by Crippen LogP contribution is -2.17. The van der Waals surface area contributed by atoms with Gasteiger partial charge in [0.25, 0.3) is 0 Å². The predicted molar refractivity (Wildman–Crippen MR) is 132 cm³/mol. The molecule has 1 amide bonds. The maximum Gasteiger partial charge on any atom is 0.341 e. The van der Waals surface area contributed by atoms with Gasteiger partial charge in [0.1, 0.15) is 5.00 Å². The van der Waals surface area contributed by atoms with Gasteiger partial charge in [0.15, 0.2) is 11.0 Å². The van der Waals surface area contributed by atoms with Crippen molar-refractivity contribution in [3.8, 4) is 11.4 Å². The van der Waals surface area contributed by atoms with Crippen LogP contribution in [-0.4, -0.2) is 39.5 Å². The molecule has 2 heterocycles. The Morgan fingerprint density at radius 3 is 2.91 bits per heavy atom. The number of ether oxygens (including phenoxy) is 1. The van der Waals surface area contributed by atoms with Gasteiger partial charge < -0.3 is 10.1 Å². The first-order chi connectivity index (χ1) is 16.0. The van der Waals surface area contributed by atoms with E-state index in [1.165, 1.54) is 30.2 Å². The fourth-order valence-electron chi connectivity index (χ4n) is 3.80. The van der Waals surface area contributed by atoms with Gasteiger partial charge in [-0.1, -0.05) is 41.6 Å². The first-order valence-corrected chi connectivity index (χ1v) is 12.6. The molecule has 3 aromatic rings. The van der Waals surface area contributed by atoms with Crippen molar-refractivity contribution in [3.05, 3.63) is 57.9 Å². The largest absolute Gasteiger partial charge is 0.465 e. The van der Waals surface area contributed by atoms with Crippen LogP contribution < -0.4 is 5.32 Å². The Morgan fingerprint density at radius 1 is 1.33 bits per heavy atom. The van der Waals surface area contributed by atoms with Gasteiger partial charge in [-0.3, -0.25) is 9.36 Å². The standard InChI is InChI=1S/C23H23ClN4O3S2/c1-3-11-28-20(14-7-6-8-15(24)12-14)26-27-23(28)32-13-18(29)25-21-19(22(30)31-2)16-9-4-5-10-17(16)33-21/h3,6-8,12H,1,4-5,9-11,13H2,2H3,(H,25,29). The molecule has 7 nitrogen and oxygen atoms in total. The van der Waals surface area contributed by atoms with E-state index in [0.29, 0.717) is 33.1 Å². The van der Waals surface area contributed by atoms with Crippen LogP contribution in [-0.2, 0) is 28.9 Å². The minimum atomic E-state index is -0.408. The number of methoxy groups -OCH3 is 1. The maximum absolute atomic E-state index is 12.8. The molecule has 0 unspecified atom stereocenters. The van der Waals surface area contributed by atoms with Crippen LogP contribution >= 0.6 is 34.7 Å². The second kappa shape index (κ2) is 10.5. The predicted octanol–water partition coefficient (Wildman–Crippen LogP) is 5.24. The van der Waals surface area contributed by atoms with E-state index in [2.05, 4.69) is 22.1 Å². The summed E-state index contributed by atoms with van der Waals surface area (Å²) >= 11 is 8.87. The molecular weight excluding hydrogens is 480 g/mol. The van der Waals surface area contributed by atoms with Gasteiger partial charge in [0.2, 0.25) is 5.91 Å². The lowest BCUT2D eigenvalue weighted by molar-refractivity contribution is -0.113. The van der Waals surface area contributed by atoms with Crippen molar-refractivity contribution in [3.63, 3.8) is 0 Å². The summed E-state index contributed by atoms with van der Waals surface area (Å²) < 4.78 is 6.87. The van der Waals surface area contributed by atoms with E-state index in [1.807, 2.05) is 22.8 Å². The zero-order chi connectivity index (χ0) is 23.4. The van der Waals surface area contributed by atoms with Crippen molar-refractivity contribution in [2.24, 2.45) is 0 Å². The van der Waals surface area contributed by atoms with Gasteiger partial charge in [-0.15, -0.1) is 28.1 Å². The lowest BCUT2D eigenvalue weighted by Gasteiger charge is -2.11. The Morgan fingerprint density at radius 2 is 2.15 bits per heavy atom. The molecule has 0 saturated heterocycles.